The maximum absolute atomic E-state index is 12.2. The number of aromatic nitrogens is 1. The van der Waals surface area contributed by atoms with Gasteiger partial charge in [-0.3, -0.25) is 4.79 Å². The number of amides is 1. The highest BCUT2D eigenvalue weighted by Crippen LogP contribution is 2.16. The number of benzene rings is 2. The van der Waals surface area contributed by atoms with Gasteiger partial charge >= 0.3 is 5.97 Å². The minimum atomic E-state index is -0.548. The largest absolute Gasteiger partial charge is 0.487 e. The first-order valence-corrected chi connectivity index (χ1v) is 9.98. The van der Waals surface area contributed by atoms with E-state index in [1.165, 1.54) is 4.90 Å². The molecule has 29 heavy (non-hydrogen) atoms. The van der Waals surface area contributed by atoms with Crippen molar-refractivity contribution in [2.24, 2.45) is 0 Å². The van der Waals surface area contributed by atoms with Crippen molar-refractivity contribution in [3.05, 3.63) is 81.8 Å². The van der Waals surface area contributed by atoms with Crippen molar-refractivity contribution < 1.29 is 19.1 Å². The average Bonchev–Trinajstić information content (AvgIpc) is 3.16. The van der Waals surface area contributed by atoms with Gasteiger partial charge in [-0.2, -0.15) is 0 Å². The van der Waals surface area contributed by atoms with Crippen LogP contribution in [0.4, 0.5) is 0 Å². The summed E-state index contributed by atoms with van der Waals surface area (Å²) in [6.07, 6.45) is 0. The van der Waals surface area contributed by atoms with Crippen LogP contribution in [0.25, 0.3) is 0 Å². The van der Waals surface area contributed by atoms with Gasteiger partial charge in [-0.15, -0.1) is 11.3 Å². The summed E-state index contributed by atoms with van der Waals surface area (Å²) in [5.74, 6) is -0.181. The Labute approximate surface area is 173 Å². The van der Waals surface area contributed by atoms with Crippen LogP contribution in [-0.4, -0.2) is 35.4 Å². The highest BCUT2D eigenvalue weighted by molar-refractivity contribution is 7.09. The van der Waals surface area contributed by atoms with Crippen LogP contribution in [0.1, 0.15) is 26.6 Å². The fourth-order valence-corrected chi connectivity index (χ4v) is 3.18. The molecule has 6 nitrogen and oxygen atoms in total. The standard InChI is InChI=1S/C22H22N2O4S/c1-16-23-19(15-29-16)13-27-20-10-8-18(9-11-20)22(26)28-14-21(25)24(2)12-17-6-4-3-5-7-17/h3-11,15H,12-14H2,1-2H3. The lowest BCUT2D eigenvalue weighted by atomic mass is 10.2. The quantitative estimate of drug-likeness (QED) is 0.528. The normalized spacial score (nSPS) is 10.4. The van der Waals surface area contributed by atoms with Crippen LogP contribution in [0.3, 0.4) is 0 Å². The SMILES string of the molecule is Cc1nc(COc2ccc(C(=O)OCC(=O)N(C)Cc3ccccc3)cc2)cs1. The Kier molecular flexibility index (Phi) is 6.97. The monoisotopic (exact) mass is 410 g/mol. The van der Waals surface area contributed by atoms with E-state index in [1.807, 2.05) is 42.6 Å². The molecule has 0 spiro atoms. The Balaban J connectivity index is 1.45. The van der Waals surface area contributed by atoms with Crippen molar-refractivity contribution in [2.75, 3.05) is 13.7 Å². The topological polar surface area (TPSA) is 68.7 Å². The van der Waals surface area contributed by atoms with Crippen molar-refractivity contribution in [1.29, 1.82) is 0 Å². The van der Waals surface area contributed by atoms with Crippen LogP contribution in [0.5, 0.6) is 5.75 Å². The third-order valence-corrected chi connectivity index (χ3v) is 4.98. The van der Waals surface area contributed by atoms with E-state index >= 15 is 0 Å². The number of aryl methyl sites for hydroxylation is 1. The van der Waals surface area contributed by atoms with E-state index in [2.05, 4.69) is 4.98 Å². The van der Waals surface area contributed by atoms with E-state index in [-0.39, 0.29) is 12.5 Å². The smallest absolute Gasteiger partial charge is 0.338 e. The van der Waals surface area contributed by atoms with E-state index in [4.69, 9.17) is 9.47 Å². The number of ether oxygens (including phenoxy) is 2. The van der Waals surface area contributed by atoms with Crippen LogP contribution in [0.15, 0.2) is 60.0 Å². The van der Waals surface area contributed by atoms with Crippen LogP contribution in [-0.2, 0) is 22.7 Å². The Bertz CT molecular complexity index is 954. The molecule has 0 saturated heterocycles. The molecule has 1 aromatic heterocycles. The van der Waals surface area contributed by atoms with E-state index in [9.17, 15) is 9.59 Å². The van der Waals surface area contributed by atoms with E-state index in [1.54, 1.807) is 42.6 Å². The highest BCUT2D eigenvalue weighted by Gasteiger charge is 2.14. The molecule has 0 aliphatic carbocycles. The third-order valence-electron chi connectivity index (χ3n) is 4.16. The molecule has 3 aromatic rings. The predicted molar refractivity (Wildman–Crippen MR) is 111 cm³/mol. The minimum Gasteiger partial charge on any atom is -0.487 e. The summed E-state index contributed by atoms with van der Waals surface area (Å²) in [4.78, 5) is 30.2. The highest BCUT2D eigenvalue weighted by atomic mass is 32.1. The molecule has 0 unspecified atom stereocenters. The molecule has 1 amide bonds. The summed E-state index contributed by atoms with van der Waals surface area (Å²) < 4.78 is 10.8. The zero-order chi connectivity index (χ0) is 20.6. The fourth-order valence-electron chi connectivity index (χ4n) is 2.59. The number of hydrogen-bond donors (Lipinski definition) is 0. The number of likely N-dealkylation sites (N-methyl/N-ethyl adjacent to an activating group) is 1. The van der Waals surface area contributed by atoms with Gasteiger partial charge in [0.05, 0.1) is 16.3 Å². The number of thiazole rings is 1. The van der Waals surface area contributed by atoms with Crippen LogP contribution < -0.4 is 4.74 Å². The maximum Gasteiger partial charge on any atom is 0.338 e. The number of hydrogen-bond acceptors (Lipinski definition) is 6. The summed E-state index contributed by atoms with van der Waals surface area (Å²) in [5.41, 5.74) is 2.24. The molecular weight excluding hydrogens is 388 g/mol. The molecule has 150 valence electrons. The molecule has 0 aliphatic heterocycles. The van der Waals surface area contributed by atoms with Crippen molar-refractivity contribution in [1.82, 2.24) is 9.88 Å². The summed E-state index contributed by atoms with van der Waals surface area (Å²) in [7, 11) is 1.68. The van der Waals surface area contributed by atoms with Crippen LogP contribution in [0.2, 0.25) is 0 Å². The van der Waals surface area contributed by atoms with E-state index < -0.39 is 5.97 Å². The molecule has 0 aliphatic rings. The number of carbonyl (C=O) groups excluding carboxylic acids is 2. The first-order chi connectivity index (χ1) is 14.0. The van der Waals surface area contributed by atoms with Crippen LogP contribution in [0, 0.1) is 6.92 Å². The third kappa shape index (κ3) is 6.15. The van der Waals surface area contributed by atoms with Gasteiger partial charge in [0.2, 0.25) is 0 Å². The predicted octanol–water partition coefficient (Wildman–Crippen LogP) is 3.85. The zero-order valence-corrected chi connectivity index (χ0v) is 17.1. The lowest BCUT2D eigenvalue weighted by Gasteiger charge is -2.17. The second-order valence-corrected chi connectivity index (χ2v) is 7.54. The Morgan fingerprint density at radius 1 is 1.07 bits per heavy atom. The molecule has 1 heterocycles. The average molecular weight is 410 g/mol. The van der Waals surface area contributed by atoms with Gasteiger partial charge in [-0.05, 0) is 36.8 Å². The first-order valence-electron chi connectivity index (χ1n) is 9.10. The fraction of sp³-hybridized carbons (Fsp3) is 0.227. The van der Waals surface area contributed by atoms with Gasteiger partial charge in [-0.25, -0.2) is 9.78 Å². The summed E-state index contributed by atoms with van der Waals surface area (Å²) >= 11 is 1.57. The minimum absolute atomic E-state index is 0.263. The van der Waals surface area contributed by atoms with Crippen molar-refractivity contribution in [3.63, 3.8) is 0 Å². The number of rotatable bonds is 8. The molecule has 3 rings (SSSR count). The maximum atomic E-state index is 12.2. The number of nitrogens with zero attached hydrogens (tertiary/aromatic N) is 2. The van der Waals surface area contributed by atoms with Gasteiger partial charge in [0, 0.05) is 19.0 Å². The molecule has 0 radical (unpaired) electrons. The summed E-state index contributed by atoms with van der Waals surface area (Å²) in [5, 5.41) is 2.94. The molecule has 2 aromatic carbocycles. The van der Waals surface area contributed by atoms with Crippen molar-refractivity contribution in [3.8, 4) is 5.75 Å². The molecule has 0 fully saturated rings. The molecule has 0 saturated carbocycles. The Morgan fingerprint density at radius 3 is 2.45 bits per heavy atom. The van der Waals surface area contributed by atoms with Gasteiger partial charge < -0.3 is 14.4 Å². The lowest BCUT2D eigenvalue weighted by molar-refractivity contribution is -0.133. The van der Waals surface area contributed by atoms with Crippen LogP contribution >= 0.6 is 11.3 Å². The van der Waals surface area contributed by atoms with E-state index in [0.29, 0.717) is 24.5 Å². The number of esters is 1. The van der Waals surface area contributed by atoms with Crippen molar-refractivity contribution >= 4 is 23.2 Å². The first kappa shape index (κ1) is 20.5. The van der Waals surface area contributed by atoms with Crippen molar-refractivity contribution in [2.45, 2.75) is 20.1 Å². The lowest BCUT2D eigenvalue weighted by Crippen LogP contribution is -2.30. The second-order valence-electron chi connectivity index (χ2n) is 6.48. The van der Waals surface area contributed by atoms with Gasteiger partial charge in [0.15, 0.2) is 6.61 Å². The summed E-state index contributed by atoms with van der Waals surface area (Å²) in [6, 6.07) is 16.2. The molecule has 0 N–H and O–H groups in total. The zero-order valence-electron chi connectivity index (χ0n) is 16.3. The Hall–Kier alpha value is -3.19. The Morgan fingerprint density at radius 2 is 1.79 bits per heavy atom. The number of carbonyl (C=O) groups is 2. The van der Waals surface area contributed by atoms with Gasteiger partial charge in [0.1, 0.15) is 12.4 Å². The second kappa shape index (κ2) is 9.84. The van der Waals surface area contributed by atoms with Gasteiger partial charge in [-0.1, -0.05) is 30.3 Å². The molecular formula is C22H22N2O4S. The van der Waals surface area contributed by atoms with Gasteiger partial charge in [0.25, 0.3) is 5.91 Å². The molecule has 0 bridgehead atoms. The summed E-state index contributed by atoms with van der Waals surface area (Å²) in [6.45, 7) is 2.47. The van der Waals surface area contributed by atoms with E-state index in [0.717, 1.165) is 16.3 Å². The molecule has 0 atom stereocenters. The molecule has 7 heteroatoms.